The highest BCUT2D eigenvalue weighted by atomic mass is 32.2. The normalized spacial score (nSPS) is 20.8. The van der Waals surface area contributed by atoms with Crippen LogP contribution in [0.1, 0.15) is 38.3 Å². The van der Waals surface area contributed by atoms with Crippen molar-refractivity contribution in [3.63, 3.8) is 0 Å². The van der Waals surface area contributed by atoms with E-state index in [0.717, 1.165) is 11.1 Å². The molecule has 0 amide bonds. The molecule has 0 unspecified atom stereocenters. The van der Waals surface area contributed by atoms with Gasteiger partial charge in [0.2, 0.25) is 0 Å². The van der Waals surface area contributed by atoms with Crippen LogP contribution in [0.25, 0.3) is 10.4 Å². The summed E-state index contributed by atoms with van der Waals surface area (Å²) in [5.74, 6) is -1.61. The quantitative estimate of drug-likeness (QED) is 0.0503. The van der Waals surface area contributed by atoms with Gasteiger partial charge in [0, 0.05) is 4.91 Å². The summed E-state index contributed by atoms with van der Waals surface area (Å²) in [4.78, 5) is 35.5. The fourth-order valence-corrected chi connectivity index (χ4v) is 6.22. The van der Waals surface area contributed by atoms with Gasteiger partial charge < -0.3 is 9.47 Å². The number of esters is 2. The van der Waals surface area contributed by atoms with Crippen LogP contribution in [0.4, 0.5) is 0 Å². The van der Waals surface area contributed by atoms with E-state index in [2.05, 4.69) is 15.5 Å². The lowest BCUT2D eigenvalue weighted by Gasteiger charge is -2.43. The van der Waals surface area contributed by atoms with E-state index in [0.29, 0.717) is 0 Å². The van der Waals surface area contributed by atoms with Gasteiger partial charge in [-0.3, -0.25) is 9.02 Å². The molecule has 1 saturated carbocycles. The predicted octanol–water partition coefficient (Wildman–Crippen LogP) is 5.69. The van der Waals surface area contributed by atoms with Gasteiger partial charge in [0.1, 0.15) is 6.10 Å². The Labute approximate surface area is 271 Å². The number of ether oxygens (including phenoxy) is 2. The molecule has 47 heavy (non-hydrogen) atoms. The molecule has 4 aromatic rings. The number of azide groups is 1. The number of aryl methyl sites for hydroxylation is 1. The zero-order valence-corrected chi connectivity index (χ0v) is 26.1. The number of nitrogens with one attached hydrogen (secondary N) is 1. The highest BCUT2D eigenvalue weighted by molar-refractivity contribution is 7.86. The third kappa shape index (κ3) is 8.61. The van der Waals surface area contributed by atoms with Gasteiger partial charge in [-0.2, -0.15) is 13.9 Å². The van der Waals surface area contributed by atoms with Crippen LogP contribution in [0, 0.1) is 6.92 Å². The molecule has 1 fully saturated rings. The van der Waals surface area contributed by atoms with Gasteiger partial charge >= 0.3 is 11.9 Å². The van der Waals surface area contributed by atoms with E-state index in [1.807, 2.05) is 30.3 Å². The van der Waals surface area contributed by atoms with Gasteiger partial charge in [-0.05, 0) is 60.8 Å². The van der Waals surface area contributed by atoms with Crippen molar-refractivity contribution in [2.24, 2.45) is 5.11 Å². The van der Waals surface area contributed by atoms with Crippen LogP contribution in [0.15, 0.2) is 125 Å². The van der Waals surface area contributed by atoms with Crippen LogP contribution in [-0.4, -0.2) is 50.8 Å². The van der Waals surface area contributed by atoms with Gasteiger partial charge in [-0.1, -0.05) is 89.5 Å². The maximum absolute atomic E-state index is 13.6. The number of rotatable bonds is 12. The van der Waals surface area contributed by atoms with Gasteiger partial charge in [0.15, 0.2) is 12.2 Å². The number of hydrogen-bond acceptors (Lipinski definition) is 10. The van der Waals surface area contributed by atoms with Crippen LogP contribution in [0.5, 0.6) is 0 Å². The summed E-state index contributed by atoms with van der Waals surface area (Å²) in [5.41, 5.74) is 14.4. The third-order valence-electron chi connectivity index (χ3n) is 7.49. The number of nitrogens with zero attached hydrogens (tertiary/aromatic N) is 3. The van der Waals surface area contributed by atoms with E-state index >= 15 is 0 Å². The number of carbonyl (C=O) groups excluding carboxylic acids is 2. The maximum Gasteiger partial charge on any atom is 0.338 e. The largest absolute Gasteiger partial charge is 0.453 e. The first-order valence-electron chi connectivity index (χ1n) is 14.7. The van der Waals surface area contributed by atoms with Gasteiger partial charge in [-0.15, -0.1) is 0 Å². The second-order valence-corrected chi connectivity index (χ2v) is 12.4. The Balaban J connectivity index is 1.54. The molecule has 13 heteroatoms. The minimum absolute atomic E-state index is 0.110. The molecule has 1 N–H and O–H groups in total. The Morgan fingerprint density at radius 3 is 1.87 bits per heavy atom. The van der Waals surface area contributed by atoms with E-state index in [9.17, 15) is 23.5 Å². The second kappa shape index (κ2) is 15.5. The number of hydroxylamine groups is 1. The van der Waals surface area contributed by atoms with Crippen molar-refractivity contribution < 1.29 is 36.5 Å². The van der Waals surface area contributed by atoms with Crippen molar-refractivity contribution in [3.05, 3.63) is 148 Å². The Kier molecular flexibility index (Phi) is 11.0. The van der Waals surface area contributed by atoms with Gasteiger partial charge in [0.05, 0.1) is 34.7 Å². The molecule has 0 spiro atoms. The van der Waals surface area contributed by atoms with E-state index in [-0.39, 0.29) is 29.1 Å². The lowest BCUT2D eigenvalue weighted by molar-refractivity contribution is -0.135. The molecule has 12 nitrogen and oxygen atoms in total. The zero-order chi connectivity index (χ0) is 33.2. The number of benzene rings is 4. The molecule has 0 radical (unpaired) electrons. The van der Waals surface area contributed by atoms with E-state index in [1.54, 1.807) is 67.6 Å². The summed E-state index contributed by atoms with van der Waals surface area (Å²) in [6.45, 7) is 1.91. The smallest absolute Gasteiger partial charge is 0.338 e. The van der Waals surface area contributed by atoms with Crippen molar-refractivity contribution in [2.75, 3.05) is 0 Å². The van der Waals surface area contributed by atoms with Crippen LogP contribution in [-0.2, 0) is 35.2 Å². The first-order valence-corrected chi connectivity index (χ1v) is 16.1. The highest BCUT2D eigenvalue weighted by Crippen LogP contribution is 2.34. The van der Waals surface area contributed by atoms with E-state index in [1.165, 1.54) is 24.3 Å². The summed E-state index contributed by atoms with van der Waals surface area (Å²) in [6, 6.07) is 29.2. The van der Waals surface area contributed by atoms with E-state index < -0.39 is 52.5 Å². The Hall–Kier alpha value is -5.04. The lowest BCUT2D eigenvalue weighted by atomic mass is 9.84. The van der Waals surface area contributed by atoms with Crippen molar-refractivity contribution >= 4 is 22.1 Å². The molecule has 5 atom stereocenters. The first kappa shape index (κ1) is 33.3. The fraction of sp³-hybridized carbons (Fsp3) is 0.235. The highest BCUT2D eigenvalue weighted by Gasteiger charge is 2.52. The minimum Gasteiger partial charge on any atom is -0.453 e. The first-order chi connectivity index (χ1) is 22.7. The van der Waals surface area contributed by atoms with Crippen LogP contribution >= 0.6 is 0 Å². The van der Waals surface area contributed by atoms with Crippen LogP contribution < -0.4 is 5.48 Å². The topological polar surface area (TPSA) is 166 Å². The maximum atomic E-state index is 13.6. The second-order valence-electron chi connectivity index (χ2n) is 10.8. The van der Waals surface area contributed by atoms with Crippen LogP contribution in [0.2, 0.25) is 0 Å². The van der Waals surface area contributed by atoms with Gasteiger partial charge in [-0.25, -0.2) is 9.59 Å². The third-order valence-corrected chi connectivity index (χ3v) is 8.81. The minimum atomic E-state index is -4.50. The monoisotopic (exact) mass is 656 g/mol. The summed E-state index contributed by atoms with van der Waals surface area (Å²) in [7, 11) is -4.50. The average molecular weight is 657 g/mol. The van der Waals surface area contributed by atoms with Crippen LogP contribution in [0.3, 0.4) is 0 Å². The predicted molar refractivity (Wildman–Crippen MR) is 170 cm³/mol. The van der Waals surface area contributed by atoms with Crippen molar-refractivity contribution in [2.45, 2.75) is 55.2 Å². The van der Waals surface area contributed by atoms with E-state index in [4.69, 9.17) is 18.5 Å². The SMILES string of the molecule is Cc1ccc(S(=O)(=O)O[C@@H]2[C@@H](OC(=O)c3ccccc3)[C@H](OC(=O)c3ccccc3)[C@@H](NOCc3ccccc3)C[C@H]2N=[N+]=[N-])cc1. The molecule has 242 valence electrons. The molecule has 0 heterocycles. The molecule has 0 saturated heterocycles. The molecular weight excluding hydrogens is 624 g/mol. The fourth-order valence-electron chi connectivity index (χ4n) is 5.10. The number of hydrogen-bond donors (Lipinski definition) is 1. The molecule has 1 aliphatic rings. The molecule has 1 aliphatic carbocycles. The summed E-state index contributed by atoms with van der Waals surface area (Å²) in [6.07, 6.45) is -4.66. The van der Waals surface area contributed by atoms with Gasteiger partial charge in [0.25, 0.3) is 10.1 Å². The zero-order valence-electron chi connectivity index (χ0n) is 25.3. The summed E-state index contributed by atoms with van der Waals surface area (Å²) >= 11 is 0. The molecule has 5 rings (SSSR count). The molecule has 0 bridgehead atoms. The standard InChI is InChI=1S/C34H32N4O8S/c1-23-17-19-27(20-18-23)47(41,42)46-31-28(36-38-35)21-29(37-43-22-24-11-5-2-6-12-24)30(44-33(39)25-13-7-3-8-14-25)32(31)45-34(40)26-15-9-4-10-16-26/h2-20,28-32,37H,21-22H2,1H3/t28-,29+,30-,31+,32+/m1/s1. The van der Waals surface area contributed by atoms with Crippen molar-refractivity contribution in [1.29, 1.82) is 0 Å². The Morgan fingerprint density at radius 2 is 1.32 bits per heavy atom. The summed E-state index contributed by atoms with van der Waals surface area (Å²) < 4.78 is 44.8. The Bertz CT molecular complexity index is 1800. The average Bonchev–Trinajstić information content (AvgIpc) is 3.09. The summed E-state index contributed by atoms with van der Waals surface area (Å²) in [5, 5.41) is 3.84. The van der Waals surface area contributed by atoms with Crippen molar-refractivity contribution in [1.82, 2.24) is 5.48 Å². The number of carbonyl (C=O) groups is 2. The molecule has 4 aromatic carbocycles. The molecular formula is C34H32N4O8S. The molecule has 0 aliphatic heterocycles. The Morgan fingerprint density at radius 1 is 0.787 bits per heavy atom. The lowest BCUT2D eigenvalue weighted by Crippen LogP contribution is -2.63. The van der Waals surface area contributed by atoms with Crippen molar-refractivity contribution in [3.8, 4) is 0 Å². The molecule has 0 aromatic heterocycles.